The number of hydrogen-bond donors (Lipinski definition) is 0. The van der Waals surface area contributed by atoms with Crippen LogP contribution < -0.4 is 9.47 Å². The SMILES string of the molecule is COc1ccc(/C=C(/C2=NC(C)(C)CO2)c2ccc(OC)cc2)cc1. The van der Waals surface area contributed by atoms with E-state index in [1.54, 1.807) is 14.2 Å². The van der Waals surface area contributed by atoms with E-state index in [-0.39, 0.29) is 5.54 Å². The van der Waals surface area contributed by atoms with E-state index < -0.39 is 0 Å². The van der Waals surface area contributed by atoms with Crippen molar-refractivity contribution in [2.45, 2.75) is 19.4 Å². The van der Waals surface area contributed by atoms with E-state index in [1.807, 2.05) is 48.5 Å². The van der Waals surface area contributed by atoms with Gasteiger partial charge in [0.15, 0.2) is 0 Å². The summed E-state index contributed by atoms with van der Waals surface area (Å²) < 4.78 is 16.4. The minimum atomic E-state index is -0.208. The van der Waals surface area contributed by atoms with Crippen LogP contribution in [0.1, 0.15) is 25.0 Å². The molecule has 0 bridgehead atoms. The molecular weight excluding hydrogens is 314 g/mol. The predicted octanol–water partition coefficient (Wildman–Crippen LogP) is 4.45. The van der Waals surface area contributed by atoms with E-state index in [9.17, 15) is 0 Å². The molecule has 3 rings (SSSR count). The van der Waals surface area contributed by atoms with Crippen LogP contribution in [0.3, 0.4) is 0 Å². The molecule has 0 aliphatic carbocycles. The summed E-state index contributed by atoms with van der Waals surface area (Å²) in [5.74, 6) is 2.33. The van der Waals surface area contributed by atoms with E-state index in [0.717, 1.165) is 28.2 Å². The summed E-state index contributed by atoms with van der Waals surface area (Å²) in [6, 6.07) is 15.8. The van der Waals surface area contributed by atoms with Gasteiger partial charge in [-0.1, -0.05) is 24.3 Å². The average Bonchev–Trinajstić information content (AvgIpc) is 3.00. The number of nitrogens with zero attached hydrogens (tertiary/aromatic N) is 1. The van der Waals surface area contributed by atoms with Gasteiger partial charge in [-0.2, -0.15) is 0 Å². The highest BCUT2D eigenvalue weighted by Crippen LogP contribution is 2.29. The number of ether oxygens (including phenoxy) is 3. The van der Waals surface area contributed by atoms with Gasteiger partial charge in [0.1, 0.15) is 18.1 Å². The standard InChI is InChI=1S/C21H23NO3/c1-21(2)14-25-20(22-21)19(16-7-11-18(24-4)12-8-16)13-15-5-9-17(23-3)10-6-15/h5-13H,14H2,1-4H3/b19-13+. The van der Waals surface area contributed by atoms with Crippen LogP contribution in [0, 0.1) is 0 Å². The largest absolute Gasteiger partial charge is 0.497 e. The number of rotatable bonds is 5. The van der Waals surface area contributed by atoms with Gasteiger partial charge in [-0.25, -0.2) is 4.99 Å². The number of hydrogen-bond acceptors (Lipinski definition) is 4. The third-order valence-electron chi connectivity index (χ3n) is 4.02. The quantitative estimate of drug-likeness (QED) is 0.757. The van der Waals surface area contributed by atoms with Crippen LogP contribution in [0.2, 0.25) is 0 Å². The minimum absolute atomic E-state index is 0.208. The molecule has 0 amide bonds. The first-order valence-electron chi connectivity index (χ1n) is 8.24. The Kier molecular flexibility index (Phi) is 4.79. The van der Waals surface area contributed by atoms with Gasteiger partial charge in [-0.05, 0) is 55.3 Å². The van der Waals surface area contributed by atoms with Crippen molar-refractivity contribution in [3.8, 4) is 11.5 Å². The Balaban J connectivity index is 2.03. The van der Waals surface area contributed by atoms with Crippen molar-refractivity contribution in [1.82, 2.24) is 0 Å². The molecule has 0 saturated carbocycles. The molecular formula is C21H23NO3. The Morgan fingerprint density at radius 3 is 2.00 bits per heavy atom. The first-order valence-corrected chi connectivity index (χ1v) is 8.24. The molecule has 0 spiro atoms. The summed E-state index contributed by atoms with van der Waals surface area (Å²) >= 11 is 0. The molecule has 0 unspecified atom stereocenters. The monoisotopic (exact) mass is 337 g/mol. The Hall–Kier alpha value is -2.75. The van der Waals surface area contributed by atoms with Crippen molar-refractivity contribution in [2.24, 2.45) is 4.99 Å². The maximum absolute atomic E-state index is 5.88. The molecule has 4 nitrogen and oxygen atoms in total. The highest BCUT2D eigenvalue weighted by molar-refractivity contribution is 6.24. The van der Waals surface area contributed by atoms with Crippen molar-refractivity contribution in [3.05, 3.63) is 59.7 Å². The molecule has 1 heterocycles. The Bertz CT molecular complexity index is 787. The van der Waals surface area contributed by atoms with Crippen LogP contribution >= 0.6 is 0 Å². The molecule has 0 fully saturated rings. The van der Waals surface area contributed by atoms with Crippen LogP contribution in [-0.2, 0) is 4.74 Å². The van der Waals surface area contributed by atoms with Crippen molar-refractivity contribution >= 4 is 17.5 Å². The highest BCUT2D eigenvalue weighted by Gasteiger charge is 2.28. The normalized spacial score (nSPS) is 16.2. The molecule has 0 atom stereocenters. The van der Waals surface area contributed by atoms with Gasteiger partial charge in [0, 0.05) is 5.57 Å². The Morgan fingerprint density at radius 1 is 0.960 bits per heavy atom. The van der Waals surface area contributed by atoms with Gasteiger partial charge in [-0.15, -0.1) is 0 Å². The van der Waals surface area contributed by atoms with Crippen molar-refractivity contribution < 1.29 is 14.2 Å². The first kappa shape index (κ1) is 17.1. The summed E-state index contributed by atoms with van der Waals surface area (Å²) in [6.07, 6.45) is 2.08. The maximum Gasteiger partial charge on any atom is 0.217 e. The van der Waals surface area contributed by atoms with Gasteiger partial charge in [0.25, 0.3) is 0 Å². The lowest BCUT2D eigenvalue weighted by Gasteiger charge is -2.09. The second kappa shape index (κ2) is 7.01. The van der Waals surface area contributed by atoms with Crippen molar-refractivity contribution in [1.29, 1.82) is 0 Å². The molecule has 0 radical (unpaired) electrons. The Labute approximate surface area is 148 Å². The van der Waals surface area contributed by atoms with E-state index >= 15 is 0 Å². The zero-order chi connectivity index (χ0) is 17.9. The van der Waals surface area contributed by atoms with E-state index in [2.05, 4.69) is 19.9 Å². The molecule has 1 aliphatic rings. The summed E-state index contributed by atoms with van der Waals surface area (Å²) in [4.78, 5) is 4.74. The van der Waals surface area contributed by atoms with Crippen LogP contribution in [0.25, 0.3) is 11.6 Å². The number of methoxy groups -OCH3 is 2. The summed E-state index contributed by atoms with van der Waals surface area (Å²) in [5.41, 5.74) is 2.84. The molecule has 2 aromatic rings. The molecule has 4 heteroatoms. The third-order valence-corrected chi connectivity index (χ3v) is 4.02. The van der Waals surface area contributed by atoms with Crippen molar-refractivity contribution in [3.63, 3.8) is 0 Å². The lowest BCUT2D eigenvalue weighted by Crippen LogP contribution is -2.17. The summed E-state index contributed by atoms with van der Waals surface area (Å²) in [5, 5.41) is 0. The first-order chi connectivity index (χ1) is 12.0. The third kappa shape index (κ3) is 4.02. The maximum atomic E-state index is 5.88. The molecule has 2 aromatic carbocycles. The molecule has 25 heavy (non-hydrogen) atoms. The van der Waals surface area contributed by atoms with Crippen LogP contribution in [0.4, 0.5) is 0 Å². The second-order valence-corrected chi connectivity index (χ2v) is 6.58. The fourth-order valence-corrected chi connectivity index (χ4v) is 2.63. The topological polar surface area (TPSA) is 40.0 Å². The van der Waals surface area contributed by atoms with Gasteiger partial charge in [0.05, 0.1) is 19.8 Å². The smallest absolute Gasteiger partial charge is 0.217 e. The average molecular weight is 337 g/mol. The van der Waals surface area contributed by atoms with Crippen LogP contribution in [0.15, 0.2) is 53.5 Å². The lowest BCUT2D eigenvalue weighted by atomic mass is 10.0. The summed E-state index contributed by atoms with van der Waals surface area (Å²) in [6.45, 7) is 4.72. The second-order valence-electron chi connectivity index (χ2n) is 6.58. The zero-order valence-corrected chi connectivity index (χ0v) is 15.1. The molecule has 130 valence electrons. The van der Waals surface area contributed by atoms with Gasteiger partial charge >= 0.3 is 0 Å². The van der Waals surface area contributed by atoms with Gasteiger partial charge < -0.3 is 14.2 Å². The minimum Gasteiger partial charge on any atom is -0.497 e. The highest BCUT2D eigenvalue weighted by atomic mass is 16.5. The van der Waals surface area contributed by atoms with Gasteiger partial charge in [0.2, 0.25) is 5.90 Å². The Morgan fingerprint density at radius 2 is 1.52 bits per heavy atom. The van der Waals surface area contributed by atoms with Gasteiger partial charge in [-0.3, -0.25) is 0 Å². The van der Waals surface area contributed by atoms with E-state index in [4.69, 9.17) is 19.2 Å². The predicted molar refractivity (Wildman–Crippen MR) is 101 cm³/mol. The zero-order valence-electron chi connectivity index (χ0n) is 15.1. The number of aliphatic imine (C=N–C) groups is 1. The van der Waals surface area contributed by atoms with Crippen LogP contribution in [-0.4, -0.2) is 32.3 Å². The lowest BCUT2D eigenvalue weighted by molar-refractivity contribution is 0.281. The van der Waals surface area contributed by atoms with E-state index in [1.165, 1.54) is 0 Å². The molecule has 0 aromatic heterocycles. The number of benzene rings is 2. The van der Waals surface area contributed by atoms with E-state index in [0.29, 0.717) is 12.5 Å². The fourth-order valence-electron chi connectivity index (χ4n) is 2.63. The molecule has 1 aliphatic heterocycles. The molecule has 0 N–H and O–H groups in total. The molecule has 0 saturated heterocycles. The van der Waals surface area contributed by atoms with Crippen molar-refractivity contribution in [2.75, 3.05) is 20.8 Å². The summed E-state index contributed by atoms with van der Waals surface area (Å²) in [7, 11) is 3.33. The fraction of sp³-hybridized carbons (Fsp3) is 0.286. The van der Waals surface area contributed by atoms with Crippen LogP contribution in [0.5, 0.6) is 11.5 Å².